The van der Waals surface area contributed by atoms with Crippen molar-refractivity contribution in [2.75, 3.05) is 33.0 Å². The van der Waals surface area contributed by atoms with Gasteiger partial charge in [-0.05, 0) is 54.6 Å². The second kappa shape index (κ2) is 17.0. The summed E-state index contributed by atoms with van der Waals surface area (Å²) >= 11 is 0. The third-order valence-corrected chi connectivity index (χ3v) is 17.5. The number of hydrogen-bond acceptors (Lipinski definition) is 8. The zero-order valence-electron chi connectivity index (χ0n) is 33.8. The Hall–Kier alpha value is -4.30. The van der Waals surface area contributed by atoms with Crippen molar-refractivity contribution in [2.24, 2.45) is 5.92 Å². The SMILES string of the molecule is CN(C)C(=O)C1=CCS(=O)(=O)C1CCN(Cc1ccccc1)C(=O)C1C[C@H](CO[Si](c2ccccc2)(c2ccccc2)C(C)(C)C)N(C(=O)OC(C)(C)C)C1O. The zero-order valence-corrected chi connectivity index (χ0v) is 35.7. The van der Waals surface area contributed by atoms with Crippen molar-refractivity contribution in [1.29, 1.82) is 0 Å². The van der Waals surface area contributed by atoms with E-state index in [0.717, 1.165) is 15.9 Å². The summed E-state index contributed by atoms with van der Waals surface area (Å²) in [6.45, 7) is 11.8. The Labute approximate surface area is 333 Å². The monoisotopic (exact) mass is 803 g/mol. The fraction of sp³-hybridized carbons (Fsp3) is 0.465. The van der Waals surface area contributed by atoms with Crippen LogP contribution in [0.3, 0.4) is 0 Å². The van der Waals surface area contributed by atoms with Gasteiger partial charge < -0.3 is 24.1 Å². The van der Waals surface area contributed by atoms with E-state index in [9.17, 15) is 27.9 Å². The molecule has 1 N–H and O–H groups in total. The standard InChI is InChI=1S/C43H57N3O8SSi/c1-42(2,3)54-41(50)46-32(30-53-56(43(4,5)6,33-20-14-10-15-21-33)34-22-16-11-17-23-34)28-36(40(46)49)39(48)45(29-31-18-12-9-13-19-31)26-24-37-35(38(47)44(7)8)25-27-55(37,51)52/h9-23,25,32,36-37,40,49H,24,26-30H2,1-8H3/t32-,36?,37?,40?/m1/s1. The molecule has 0 spiro atoms. The van der Waals surface area contributed by atoms with Gasteiger partial charge in [0.15, 0.2) is 9.84 Å². The van der Waals surface area contributed by atoms with Crippen molar-refractivity contribution in [3.63, 3.8) is 0 Å². The number of hydrogen-bond donors (Lipinski definition) is 1. The average molecular weight is 804 g/mol. The molecule has 3 aromatic rings. The Balaban J connectivity index is 1.50. The Kier molecular flexibility index (Phi) is 13.0. The summed E-state index contributed by atoms with van der Waals surface area (Å²) in [5.41, 5.74) is 0.113. The summed E-state index contributed by atoms with van der Waals surface area (Å²) in [5.74, 6) is -2.15. The Morgan fingerprint density at radius 2 is 1.39 bits per heavy atom. The molecule has 0 bridgehead atoms. The van der Waals surface area contributed by atoms with Gasteiger partial charge in [-0.2, -0.15) is 0 Å². The summed E-state index contributed by atoms with van der Waals surface area (Å²) < 4.78 is 39.5. The maximum atomic E-state index is 14.8. The van der Waals surface area contributed by atoms with Crippen molar-refractivity contribution in [3.8, 4) is 0 Å². The first kappa shape index (κ1) is 42.8. The molecule has 5 rings (SSSR count). The lowest BCUT2D eigenvalue weighted by molar-refractivity contribution is -0.141. The number of ether oxygens (including phenoxy) is 1. The quantitative estimate of drug-likeness (QED) is 0.260. The minimum atomic E-state index is -3.67. The molecule has 2 heterocycles. The number of likely N-dealkylation sites (N-methyl/N-ethyl adjacent to an activating group) is 1. The van der Waals surface area contributed by atoms with E-state index in [2.05, 4.69) is 45.0 Å². The number of sulfone groups is 1. The zero-order chi connectivity index (χ0) is 41.1. The highest BCUT2D eigenvalue weighted by Crippen LogP contribution is 2.39. The first-order chi connectivity index (χ1) is 26.3. The van der Waals surface area contributed by atoms with E-state index in [0.29, 0.717) is 0 Å². The average Bonchev–Trinajstić information content (AvgIpc) is 3.63. The van der Waals surface area contributed by atoms with Gasteiger partial charge in [0.25, 0.3) is 8.32 Å². The molecule has 0 radical (unpaired) electrons. The molecule has 1 fully saturated rings. The fourth-order valence-corrected chi connectivity index (χ4v) is 14.2. The van der Waals surface area contributed by atoms with Crippen molar-refractivity contribution in [2.45, 2.75) is 89.1 Å². The van der Waals surface area contributed by atoms with E-state index < -0.39 is 59.2 Å². The molecule has 0 aliphatic carbocycles. The predicted molar refractivity (Wildman–Crippen MR) is 220 cm³/mol. The van der Waals surface area contributed by atoms with Crippen LogP contribution in [0.1, 0.15) is 59.9 Å². The van der Waals surface area contributed by atoms with E-state index in [4.69, 9.17) is 9.16 Å². The molecule has 2 aliphatic heterocycles. The minimum Gasteiger partial charge on any atom is -0.444 e. The number of nitrogens with zero attached hydrogens (tertiary/aromatic N) is 3. The molecular weight excluding hydrogens is 747 g/mol. The highest BCUT2D eigenvalue weighted by Gasteiger charge is 2.54. The summed E-state index contributed by atoms with van der Waals surface area (Å²) in [6.07, 6.45) is -0.786. The van der Waals surface area contributed by atoms with E-state index in [-0.39, 0.29) is 54.8 Å². The van der Waals surface area contributed by atoms with Gasteiger partial charge in [0, 0.05) is 32.8 Å². The molecule has 3 unspecified atom stereocenters. The lowest BCUT2D eigenvalue weighted by Gasteiger charge is -2.44. The number of rotatable bonds is 12. The molecule has 0 aromatic heterocycles. The van der Waals surface area contributed by atoms with Gasteiger partial charge in [0.1, 0.15) is 11.8 Å². The molecule has 4 atom stereocenters. The van der Waals surface area contributed by atoms with Gasteiger partial charge in [0.2, 0.25) is 11.8 Å². The van der Waals surface area contributed by atoms with Gasteiger partial charge in [-0.15, -0.1) is 0 Å². The van der Waals surface area contributed by atoms with E-state index in [1.807, 2.05) is 66.7 Å². The van der Waals surface area contributed by atoms with Crippen LogP contribution in [-0.4, -0.2) is 111 Å². The number of aliphatic hydroxyl groups excluding tert-OH is 1. The summed E-state index contributed by atoms with van der Waals surface area (Å²) in [6, 6.07) is 28.7. The maximum Gasteiger partial charge on any atom is 0.412 e. The molecule has 302 valence electrons. The molecule has 2 aliphatic rings. The first-order valence-electron chi connectivity index (χ1n) is 19.2. The van der Waals surface area contributed by atoms with Crippen LogP contribution in [-0.2, 0) is 35.1 Å². The number of carbonyl (C=O) groups is 3. The van der Waals surface area contributed by atoms with Gasteiger partial charge in [-0.1, -0.05) is 118 Å². The number of aliphatic hydroxyl groups is 1. The van der Waals surface area contributed by atoms with Gasteiger partial charge in [0.05, 0.1) is 29.6 Å². The van der Waals surface area contributed by atoms with Gasteiger partial charge in [-0.25, -0.2) is 13.2 Å². The van der Waals surface area contributed by atoms with Gasteiger partial charge in [-0.3, -0.25) is 14.5 Å². The lowest BCUT2D eigenvalue weighted by atomic mass is 10.0. The number of amides is 3. The van der Waals surface area contributed by atoms with Crippen molar-refractivity contribution < 1.29 is 37.1 Å². The summed E-state index contributed by atoms with van der Waals surface area (Å²) in [4.78, 5) is 45.9. The van der Waals surface area contributed by atoms with Crippen LogP contribution < -0.4 is 10.4 Å². The Morgan fingerprint density at radius 1 is 0.857 bits per heavy atom. The van der Waals surface area contributed by atoms with Crippen LogP contribution in [0.15, 0.2) is 103 Å². The number of benzene rings is 3. The molecule has 56 heavy (non-hydrogen) atoms. The van der Waals surface area contributed by atoms with E-state index >= 15 is 0 Å². The Bertz CT molecular complexity index is 1940. The maximum absolute atomic E-state index is 14.8. The predicted octanol–water partition coefficient (Wildman–Crippen LogP) is 4.74. The molecule has 3 amide bonds. The van der Waals surface area contributed by atoms with Crippen molar-refractivity contribution in [3.05, 3.63) is 108 Å². The van der Waals surface area contributed by atoms with Crippen molar-refractivity contribution in [1.82, 2.24) is 14.7 Å². The smallest absolute Gasteiger partial charge is 0.412 e. The second-order valence-corrected chi connectivity index (χ2v) is 23.5. The largest absolute Gasteiger partial charge is 0.444 e. The molecule has 11 nitrogen and oxygen atoms in total. The first-order valence-corrected chi connectivity index (χ1v) is 22.8. The highest BCUT2D eigenvalue weighted by atomic mass is 32.2. The van der Waals surface area contributed by atoms with Crippen LogP contribution in [0.2, 0.25) is 5.04 Å². The van der Waals surface area contributed by atoms with Crippen LogP contribution >= 0.6 is 0 Å². The lowest BCUT2D eigenvalue weighted by Crippen LogP contribution is -2.67. The second-order valence-electron chi connectivity index (χ2n) is 17.0. The summed E-state index contributed by atoms with van der Waals surface area (Å²) in [5, 5.41) is 12.7. The fourth-order valence-electron chi connectivity index (χ4n) is 7.91. The molecular formula is C43H57N3O8SSi. The molecule has 1 saturated heterocycles. The van der Waals surface area contributed by atoms with E-state index in [1.54, 1.807) is 34.9 Å². The number of carbonyl (C=O) groups excluding carboxylic acids is 3. The van der Waals surface area contributed by atoms with Crippen LogP contribution in [0.4, 0.5) is 4.79 Å². The minimum absolute atomic E-state index is 0.00540. The van der Waals surface area contributed by atoms with E-state index in [1.165, 1.54) is 20.8 Å². The van der Waals surface area contributed by atoms with Gasteiger partial charge >= 0.3 is 6.09 Å². The molecule has 0 saturated carbocycles. The van der Waals surface area contributed by atoms with Crippen LogP contribution in [0.25, 0.3) is 0 Å². The van der Waals surface area contributed by atoms with Crippen molar-refractivity contribution >= 4 is 46.4 Å². The Morgan fingerprint density at radius 3 is 1.89 bits per heavy atom. The molecule has 13 heteroatoms. The normalized spacial score (nSPS) is 21.0. The van der Waals surface area contributed by atoms with Crippen LogP contribution in [0, 0.1) is 5.92 Å². The summed E-state index contributed by atoms with van der Waals surface area (Å²) in [7, 11) is -3.62. The third kappa shape index (κ3) is 9.28. The highest BCUT2D eigenvalue weighted by molar-refractivity contribution is 7.92. The molecule has 3 aromatic carbocycles. The van der Waals surface area contributed by atoms with Crippen LogP contribution in [0.5, 0.6) is 0 Å². The number of likely N-dealkylation sites (tertiary alicyclic amines) is 1. The topological polar surface area (TPSA) is 134 Å². The third-order valence-electron chi connectivity index (χ3n) is 10.6.